The molecular formula is C16H25N3. The van der Waals surface area contributed by atoms with Gasteiger partial charge in [0.2, 0.25) is 0 Å². The molecule has 0 spiro atoms. The van der Waals surface area contributed by atoms with Crippen molar-refractivity contribution in [1.29, 1.82) is 0 Å². The molecule has 1 N–H and O–H groups in total. The average Bonchev–Trinajstić information content (AvgIpc) is 2.74. The fourth-order valence-corrected chi connectivity index (χ4v) is 2.55. The number of pyridine rings is 1. The van der Waals surface area contributed by atoms with Crippen LogP contribution in [0, 0.1) is 0 Å². The first-order valence-corrected chi connectivity index (χ1v) is 7.15. The number of rotatable bonds is 4. The molecule has 2 aromatic rings. The Morgan fingerprint density at radius 2 is 1.89 bits per heavy atom. The van der Waals surface area contributed by atoms with Gasteiger partial charge in [0.1, 0.15) is 5.65 Å². The van der Waals surface area contributed by atoms with E-state index >= 15 is 0 Å². The second-order valence-corrected chi connectivity index (χ2v) is 6.09. The highest BCUT2D eigenvalue weighted by Crippen LogP contribution is 2.31. The van der Waals surface area contributed by atoms with Gasteiger partial charge in [0.25, 0.3) is 0 Å². The van der Waals surface area contributed by atoms with Crippen molar-refractivity contribution in [3.05, 3.63) is 29.6 Å². The normalized spacial score (nSPS) is 12.5. The van der Waals surface area contributed by atoms with Crippen LogP contribution in [0.2, 0.25) is 0 Å². The van der Waals surface area contributed by atoms with Crippen molar-refractivity contribution in [2.45, 2.75) is 46.6 Å². The molecule has 0 radical (unpaired) electrons. The molecule has 0 saturated heterocycles. The van der Waals surface area contributed by atoms with E-state index in [0.717, 1.165) is 25.3 Å². The number of aromatic nitrogens is 2. The van der Waals surface area contributed by atoms with E-state index in [1.54, 1.807) is 0 Å². The van der Waals surface area contributed by atoms with Crippen molar-refractivity contribution in [1.82, 2.24) is 14.9 Å². The topological polar surface area (TPSA) is 31.9 Å². The largest absolute Gasteiger partial charge is 0.342 e. The number of hydrogen-bond donors (Lipinski definition) is 1. The van der Waals surface area contributed by atoms with Crippen molar-refractivity contribution in [3.8, 4) is 0 Å². The van der Waals surface area contributed by atoms with Crippen molar-refractivity contribution >= 4 is 11.0 Å². The Labute approximate surface area is 116 Å². The van der Waals surface area contributed by atoms with E-state index in [0.29, 0.717) is 0 Å². The summed E-state index contributed by atoms with van der Waals surface area (Å²) in [5.41, 5.74) is 3.84. The predicted octanol–water partition coefficient (Wildman–Crippen LogP) is 3.70. The van der Waals surface area contributed by atoms with Gasteiger partial charge >= 0.3 is 0 Å². The summed E-state index contributed by atoms with van der Waals surface area (Å²) in [4.78, 5) is 10.4. The molecule has 0 saturated carbocycles. The molecule has 3 heteroatoms. The Morgan fingerprint density at radius 3 is 2.47 bits per heavy atom. The Morgan fingerprint density at radius 1 is 1.21 bits per heavy atom. The summed E-state index contributed by atoms with van der Waals surface area (Å²) in [6, 6.07) is 4.20. The molecule has 2 aromatic heterocycles. The molecule has 0 fully saturated rings. The van der Waals surface area contributed by atoms with Crippen LogP contribution in [-0.4, -0.2) is 28.0 Å². The Hall–Kier alpha value is -1.35. The lowest BCUT2D eigenvalue weighted by molar-refractivity contribution is 0.294. The molecule has 0 aliphatic rings. The van der Waals surface area contributed by atoms with Crippen LogP contribution in [0.3, 0.4) is 0 Å². The van der Waals surface area contributed by atoms with Crippen LogP contribution in [0.1, 0.15) is 45.9 Å². The lowest BCUT2D eigenvalue weighted by Crippen LogP contribution is -2.24. The molecule has 0 atom stereocenters. The fourth-order valence-electron chi connectivity index (χ4n) is 2.55. The van der Waals surface area contributed by atoms with Crippen molar-refractivity contribution in [2.75, 3.05) is 13.1 Å². The maximum absolute atomic E-state index is 4.46. The third-order valence-corrected chi connectivity index (χ3v) is 3.70. The van der Waals surface area contributed by atoms with Gasteiger partial charge in [-0.15, -0.1) is 0 Å². The molecule has 0 bridgehead atoms. The zero-order valence-corrected chi connectivity index (χ0v) is 12.7. The molecule has 104 valence electrons. The van der Waals surface area contributed by atoms with Crippen LogP contribution in [0.4, 0.5) is 0 Å². The number of nitrogens with one attached hydrogen (secondary N) is 1. The number of fused-ring (bicyclic) bond motifs is 1. The van der Waals surface area contributed by atoms with E-state index < -0.39 is 0 Å². The van der Waals surface area contributed by atoms with Gasteiger partial charge in [-0.3, -0.25) is 4.90 Å². The van der Waals surface area contributed by atoms with Gasteiger partial charge in [-0.1, -0.05) is 34.6 Å². The first-order chi connectivity index (χ1) is 8.97. The molecule has 3 nitrogen and oxygen atoms in total. The summed E-state index contributed by atoms with van der Waals surface area (Å²) in [6.45, 7) is 14.3. The highest BCUT2D eigenvalue weighted by atomic mass is 15.1. The Balaban J connectivity index is 2.54. The third kappa shape index (κ3) is 2.81. The lowest BCUT2D eigenvalue weighted by Gasteiger charge is -2.23. The van der Waals surface area contributed by atoms with Gasteiger partial charge in [0.05, 0.1) is 0 Å². The van der Waals surface area contributed by atoms with Gasteiger partial charge in [-0.2, -0.15) is 0 Å². The van der Waals surface area contributed by atoms with Crippen molar-refractivity contribution < 1.29 is 0 Å². The number of hydrogen-bond acceptors (Lipinski definition) is 2. The summed E-state index contributed by atoms with van der Waals surface area (Å²) in [6.07, 6.45) is 1.85. The van der Waals surface area contributed by atoms with Crippen molar-refractivity contribution in [3.63, 3.8) is 0 Å². The first-order valence-electron chi connectivity index (χ1n) is 7.15. The fraction of sp³-hybridized carbons (Fsp3) is 0.562. The third-order valence-electron chi connectivity index (χ3n) is 3.70. The smallest absolute Gasteiger partial charge is 0.137 e. The minimum Gasteiger partial charge on any atom is -0.342 e. The van der Waals surface area contributed by atoms with E-state index in [9.17, 15) is 0 Å². The average molecular weight is 259 g/mol. The summed E-state index contributed by atoms with van der Waals surface area (Å²) in [5, 5.41) is 1.26. The molecule has 19 heavy (non-hydrogen) atoms. The summed E-state index contributed by atoms with van der Waals surface area (Å²) in [5.74, 6) is 0. The highest BCUT2D eigenvalue weighted by molar-refractivity contribution is 5.81. The standard InChI is InChI=1S/C16H25N3/c1-6-19(7-2)11-13-12-9-8-10-17-15(12)18-14(13)16(3,4)5/h8-10H,6-7,11H2,1-5H3,(H,17,18). The number of nitrogens with zero attached hydrogens (tertiary/aromatic N) is 2. The molecule has 2 heterocycles. The summed E-state index contributed by atoms with van der Waals surface area (Å²) in [7, 11) is 0. The zero-order chi connectivity index (χ0) is 14.0. The minimum atomic E-state index is 0.114. The molecule has 0 aliphatic heterocycles. The predicted molar refractivity (Wildman–Crippen MR) is 81.4 cm³/mol. The van der Waals surface area contributed by atoms with Gasteiger partial charge in [0.15, 0.2) is 0 Å². The number of H-pyrrole nitrogens is 1. The van der Waals surface area contributed by atoms with Crippen LogP contribution >= 0.6 is 0 Å². The van der Waals surface area contributed by atoms with E-state index in [4.69, 9.17) is 0 Å². The molecular weight excluding hydrogens is 234 g/mol. The summed E-state index contributed by atoms with van der Waals surface area (Å²) >= 11 is 0. The van der Waals surface area contributed by atoms with Crippen LogP contribution in [-0.2, 0) is 12.0 Å². The van der Waals surface area contributed by atoms with Gasteiger partial charge in [-0.05, 0) is 30.8 Å². The second-order valence-electron chi connectivity index (χ2n) is 6.09. The lowest BCUT2D eigenvalue weighted by atomic mass is 9.89. The van der Waals surface area contributed by atoms with Crippen molar-refractivity contribution in [2.24, 2.45) is 0 Å². The van der Waals surface area contributed by atoms with E-state index in [1.807, 2.05) is 12.3 Å². The van der Waals surface area contributed by atoms with Crippen LogP contribution in [0.25, 0.3) is 11.0 Å². The van der Waals surface area contributed by atoms with Gasteiger partial charge < -0.3 is 4.98 Å². The Bertz CT molecular complexity index is 545. The van der Waals surface area contributed by atoms with Gasteiger partial charge in [-0.25, -0.2) is 4.98 Å². The molecule has 0 aromatic carbocycles. The molecule has 0 aliphatic carbocycles. The van der Waals surface area contributed by atoms with E-state index in [1.165, 1.54) is 16.6 Å². The quantitative estimate of drug-likeness (QED) is 0.908. The highest BCUT2D eigenvalue weighted by Gasteiger charge is 2.23. The molecule has 0 amide bonds. The maximum atomic E-state index is 4.46. The second kappa shape index (κ2) is 5.33. The SMILES string of the molecule is CCN(CC)Cc1c(C(C)(C)C)[nH]c2ncccc12. The molecule has 2 rings (SSSR count). The minimum absolute atomic E-state index is 0.114. The van der Waals surface area contributed by atoms with Gasteiger partial charge in [0, 0.05) is 29.2 Å². The summed E-state index contributed by atoms with van der Waals surface area (Å²) < 4.78 is 0. The zero-order valence-electron chi connectivity index (χ0n) is 12.7. The van der Waals surface area contributed by atoms with E-state index in [2.05, 4.69) is 55.6 Å². The monoisotopic (exact) mass is 259 g/mol. The molecule has 0 unspecified atom stereocenters. The first kappa shape index (κ1) is 14.1. The maximum Gasteiger partial charge on any atom is 0.137 e. The van der Waals surface area contributed by atoms with Crippen LogP contribution in [0.15, 0.2) is 18.3 Å². The van der Waals surface area contributed by atoms with Crippen LogP contribution < -0.4 is 0 Å². The number of aromatic amines is 1. The van der Waals surface area contributed by atoms with Crippen LogP contribution in [0.5, 0.6) is 0 Å². The van der Waals surface area contributed by atoms with E-state index in [-0.39, 0.29) is 5.41 Å². The Kier molecular flexibility index (Phi) is 3.95.